The molecule has 0 saturated heterocycles. The molecule has 1 rings (SSSR count). The van der Waals surface area contributed by atoms with E-state index in [2.05, 4.69) is 32.5 Å². The van der Waals surface area contributed by atoms with Crippen molar-refractivity contribution in [1.82, 2.24) is 0 Å². The average Bonchev–Trinajstić information content (AvgIpc) is 1.86. The molecule has 1 aliphatic rings. The Kier molecular flexibility index (Phi) is 1.74. The van der Waals surface area contributed by atoms with Crippen LogP contribution in [-0.4, -0.2) is 12.2 Å². The zero-order chi connectivity index (χ0) is 4.41. The third-order valence-electron chi connectivity index (χ3n) is 0.536. The van der Waals surface area contributed by atoms with E-state index < -0.39 is 17.0 Å². The fraction of sp³-hybridized carbons (Fsp3) is 0. The molecule has 0 radical (unpaired) electrons. The molecule has 0 N–H and O–H groups in total. The van der Waals surface area contributed by atoms with Crippen LogP contribution in [0.25, 0.3) is 0 Å². The number of rotatable bonds is 0. The van der Waals surface area contributed by atoms with Gasteiger partial charge < -0.3 is 0 Å². The van der Waals surface area contributed by atoms with Crippen LogP contribution in [0.3, 0.4) is 0 Å². The second kappa shape index (κ2) is 2.15. The standard InChI is InChI=1S/C4H5ISe/c6-5-3-1-2-4-5/h1-5H. The molecule has 6 heavy (non-hydrogen) atoms. The van der Waals surface area contributed by atoms with Gasteiger partial charge in [0.25, 0.3) is 0 Å². The Bertz CT molecular complexity index is 110. The van der Waals surface area contributed by atoms with Gasteiger partial charge >= 0.3 is 49.5 Å². The van der Waals surface area contributed by atoms with E-state index in [-0.39, 0.29) is 0 Å². The third kappa shape index (κ3) is 1.10. The Labute approximate surface area is 49.3 Å². The van der Waals surface area contributed by atoms with Crippen molar-refractivity contribution >= 4 is 29.2 Å². The van der Waals surface area contributed by atoms with Crippen molar-refractivity contribution in [3.63, 3.8) is 0 Å². The van der Waals surface area contributed by atoms with Crippen LogP contribution in [0, 0.1) is 0 Å². The first-order valence-electron chi connectivity index (χ1n) is 1.64. The van der Waals surface area contributed by atoms with Gasteiger partial charge in [-0.05, 0) is 0 Å². The quantitative estimate of drug-likeness (QED) is 0.455. The Hall–Kier alpha value is 0.729. The van der Waals surface area contributed by atoms with Crippen LogP contribution >= 0.6 is 17.0 Å². The number of hydrogen-bond acceptors (Lipinski definition) is 0. The summed E-state index contributed by atoms with van der Waals surface area (Å²) < 4.78 is 4.56. The van der Waals surface area contributed by atoms with Gasteiger partial charge in [0.2, 0.25) is 0 Å². The molecule has 0 spiro atoms. The van der Waals surface area contributed by atoms with Crippen LogP contribution in [0.4, 0.5) is 0 Å². The van der Waals surface area contributed by atoms with Crippen LogP contribution in [0.1, 0.15) is 0 Å². The summed E-state index contributed by atoms with van der Waals surface area (Å²) in [5.74, 6) is 0. The van der Waals surface area contributed by atoms with Crippen molar-refractivity contribution in [3.8, 4) is 0 Å². The Balaban J connectivity index is 2.86. The monoisotopic (exact) mass is 260 g/mol. The molecule has 0 fully saturated rings. The van der Waals surface area contributed by atoms with E-state index in [1.807, 2.05) is 0 Å². The molecule has 0 amide bonds. The van der Waals surface area contributed by atoms with Gasteiger partial charge in [0.05, 0.1) is 0 Å². The van der Waals surface area contributed by atoms with Gasteiger partial charge in [-0.15, -0.1) is 0 Å². The normalized spacial score (nSPS) is 23.0. The van der Waals surface area contributed by atoms with E-state index in [0.717, 1.165) is 0 Å². The van der Waals surface area contributed by atoms with Gasteiger partial charge in [0, 0.05) is 0 Å². The van der Waals surface area contributed by atoms with Gasteiger partial charge in [0.1, 0.15) is 0 Å². The summed E-state index contributed by atoms with van der Waals surface area (Å²) in [4.78, 5) is 0. The third-order valence-corrected chi connectivity index (χ3v) is 6.09. The first-order chi connectivity index (χ1) is 2.89. The molecule has 0 unspecified atom stereocenters. The van der Waals surface area contributed by atoms with Crippen molar-refractivity contribution in [2.75, 3.05) is 0 Å². The molecule has 0 aliphatic carbocycles. The summed E-state index contributed by atoms with van der Waals surface area (Å²) in [6, 6.07) is 0. The maximum atomic E-state index is 3.14. The summed E-state index contributed by atoms with van der Waals surface area (Å²) in [7, 11) is 0. The minimum absolute atomic E-state index is 0.781. The fourth-order valence-corrected chi connectivity index (χ4v) is 3.76. The van der Waals surface area contributed by atoms with Gasteiger partial charge in [0.15, 0.2) is 0 Å². The summed E-state index contributed by atoms with van der Waals surface area (Å²) >= 11 is 2.35. The molecule has 1 heterocycles. The van der Waals surface area contributed by atoms with Gasteiger partial charge in [-0.3, -0.25) is 0 Å². The van der Waals surface area contributed by atoms with E-state index >= 15 is 0 Å². The fourth-order valence-electron chi connectivity index (χ4n) is 0.291. The molecule has 0 aromatic heterocycles. The zero-order valence-electron chi connectivity index (χ0n) is 3.13. The van der Waals surface area contributed by atoms with Crippen LogP contribution < -0.4 is 0 Å². The van der Waals surface area contributed by atoms with Crippen molar-refractivity contribution in [2.24, 2.45) is 0 Å². The van der Waals surface area contributed by atoms with Crippen molar-refractivity contribution in [3.05, 3.63) is 20.3 Å². The van der Waals surface area contributed by atoms with Gasteiger partial charge in [-0.25, -0.2) is 0 Å². The Morgan fingerprint density at radius 1 is 1.17 bits per heavy atom. The molecule has 0 aromatic carbocycles. The molecule has 0 aromatic rings. The molecule has 0 bridgehead atoms. The SMILES string of the molecule is [Se]=[IH]1C=CC=C1. The first-order valence-corrected chi connectivity index (χ1v) is 9.97. The Morgan fingerprint density at radius 3 is 1.83 bits per heavy atom. The van der Waals surface area contributed by atoms with Crippen LogP contribution in [0.5, 0.6) is 0 Å². The van der Waals surface area contributed by atoms with Crippen molar-refractivity contribution in [1.29, 1.82) is 0 Å². The van der Waals surface area contributed by atoms with Crippen LogP contribution in [0.2, 0.25) is 0 Å². The molecular formula is C4H5ISe. The minimum atomic E-state index is -0.781. The second-order valence-corrected chi connectivity index (χ2v) is 9.83. The van der Waals surface area contributed by atoms with E-state index in [9.17, 15) is 0 Å². The summed E-state index contributed by atoms with van der Waals surface area (Å²) in [6.07, 6.45) is 4.24. The van der Waals surface area contributed by atoms with E-state index in [4.69, 9.17) is 0 Å². The first kappa shape index (κ1) is 4.88. The van der Waals surface area contributed by atoms with Crippen LogP contribution in [-0.2, 0) is 0 Å². The molecule has 0 saturated carbocycles. The number of hydrogen-bond donors (Lipinski definition) is 0. The zero-order valence-corrected chi connectivity index (χ0v) is 7.17. The van der Waals surface area contributed by atoms with E-state index in [1.54, 1.807) is 0 Å². The number of allylic oxidation sites excluding steroid dienone is 2. The van der Waals surface area contributed by atoms with E-state index in [1.165, 1.54) is 0 Å². The second-order valence-electron chi connectivity index (χ2n) is 0.986. The molecule has 0 atom stereocenters. The molecule has 0 nitrogen and oxygen atoms in total. The van der Waals surface area contributed by atoms with Crippen LogP contribution in [0.15, 0.2) is 20.3 Å². The molecule has 34 valence electrons. The number of halogens is 1. The molecule has 1 aliphatic heterocycles. The maximum absolute atomic E-state index is 3.14. The predicted octanol–water partition coefficient (Wildman–Crippen LogP) is 1.35. The topological polar surface area (TPSA) is 0 Å². The summed E-state index contributed by atoms with van der Waals surface area (Å²) in [5.41, 5.74) is 0. The summed E-state index contributed by atoms with van der Waals surface area (Å²) in [5, 5.41) is 0. The predicted molar refractivity (Wildman–Crippen MR) is 39.4 cm³/mol. The molecular weight excluding hydrogens is 254 g/mol. The average molecular weight is 259 g/mol. The molecule has 2 heteroatoms. The Morgan fingerprint density at radius 2 is 1.67 bits per heavy atom. The van der Waals surface area contributed by atoms with Crippen molar-refractivity contribution in [2.45, 2.75) is 0 Å². The van der Waals surface area contributed by atoms with Gasteiger partial charge in [-0.1, -0.05) is 0 Å². The van der Waals surface area contributed by atoms with Gasteiger partial charge in [-0.2, -0.15) is 0 Å². The van der Waals surface area contributed by atoms with E-state index in [0.29, 0.717) is 0 Å². The van der Waals surface area contributed by atoms with Crippen molar-refractivity contribution < 1.29 is 0 Å². The summed E-state index contributed by atoms with van der Waals surface area (Å²) in [6.45, 7) is 0.